The summed E-state index contributed by atoms with van der Waals surface area (Å²) >= 11 is 2.97. The van der Waals surface area contributed by atoms with Crippen molar-refractivity contribution < 1.29 is 9.90 Å². The number of aliphatic hydroxyl groups is 1. The minimum Gasteiger partial charge on any atom is -0.393 e. The maximum absolute atomic E-state index is 12.0. The minimum atomic E-state index is -0.180. The lowest BCUT2D eigenvalue weighted by molar-refractivity contribution is -0.117. The molecule has 0 bridgehead atoms. The fourth-order valence-electron chi connectivity index (χ4n) is 4.02. The van der Waals surface area contributed by atoms with Gasteiger partial charge in [-0.25, -0.2) is 4.98 Å². The van der Waals surface area contributed by atoms with Gasteiger partial charge in [0.25, 0.3) is 0 Å². The van der Waals surface area contributed by atoms with E-state index in [1.54, 1.807) is 4.52 Å². The highest BCUT2D eigenvalue weighted by Gasteiger charge is 2.30. The first kappa shape index (κ1) is 20.8. The van der Waals surface area contributed by atoms with Gasteiger partial charge in [-0.3, -0.25) is 4.79 Å². The van der Waals surface area contributed by atoms with Crippen molar-refractivity contribution >= 4 is 55.8 Å². The highest BCUT2D eigenvalue weighted by molar-refractivity contribution is 7.99. The van der Waals surface area contributed by atoms with E-state index in [1.165, 1.54) is 23.1 Å². The standard InChI is InChI=1S/C22H23N7O2S2/c30-14-5-3-13(4-6-14)23-18-9-10-19-26-27-22(29(19)28-18)32-15-7-8-16-17(11-15)33-21(24-16)25-20(31)12-1-2-12/h7-14,30H,1-6H2,(H,23,28)(H,24,25,31). The largest absolute Gasteiger partial charge is 0.393 e. The zero-order valence-corrected chi connectivity index (χ0v) is 19.4. The van der Waals surface area contributed by atoms with E-state index in [9.17, 15) is 9.90 Å². The fraction of sp³-hybridized carbons (Fsp3) is 0.409. The average molecular weight is 482 g/mol. The number of fused-ring (bicyclic) bond motifs is 2. The predicted molar refractivity (Wildman–Crippen MR) is 128 cm³/mol. The zero-order valence-electron chi connectivity index (χ0n) is 17.8. The first-order valence-corrected chi connectivity index (χ1v) is 12.8. The Morgan fingerprint density at radius 3 is 2.76 bits per heavy atom. The van der Waals surface area contributed by atoms with Crippen LogP contribution in [0.4, 0.5) is 10.9 Å². The quantitative estimate of drug-likeness (QED) is 0.379. The van der Waals surface area contributed by atoms with Gasteiger partial charge >= 0.3 is 0 Å². The van der Waals surface area contributed by atoms with E-state index in [-0.39, 0.29) is 17.9 Å². The van der Waals surface area contributed by atoms with Gasteiger partial charge in [-0.2, -0.15) is 4.52 Å². The minimum absolute atomic E-state index is 0.0680. The molecule has 3 aromatic heterocycles. The molecule has 4 aromatic rings. The van der Waals surface area contributed by atoms with Gasteiger partial charge in [0, 0.05) is 16.9 Å². The maximum Gasteiger partial charge on any atom is 0.229 e. The van der Waals surface area contributed by atoms with Crippen LogP contribution in [0.5, 0.6) is 0 Å². The number of hydrogen-bond donors (Lipinski definition) is 3. The van der Waals surface area contributed by atoms with Gasteiger partial charge in [0.05, 0.1) is 16.3 Å². The molecule has 2 aliphatic carbocycles. The topological polar surface area (TPSA) is 117 Å². The molecule has 11 heteroatoms. The van der Waals surface area contributed by atoms with Crippen LogP contribution in [-0.2, 0) is 4.79 Å². The number of aliphatic hydroxyl groups excluding tert-OH is 1. The van der Waals surface area contributed by atoms with Gasteiger partial charge in [-0.1, -0.05) is 11.3 Å². The zero-order chi connectivity index (χ0) is 22.4. The molecule has 170 valence electrons. The summed E-state index contributed by atoms with van der Waals surface area (Å²) in [6.45, 7) is 0. The summed E-state index contributed by atoms with van der Waals surface area (Å²) in [7, 11) is 0. The molecule has 2 fully saturated rings. The number of benzene rings is 1. The van der Waals surface area contributed by atoms with Gasteiger partial charge in [0.15, 0.2) is 10.8 Å². The fourth-order valence-corrected chi connectivity index (χ4v) is 5.83. The summed E-state index contributed by atoms with van der Waals surface area (Å²) in [4.78, 5) is 17.6. The normalized spacial score (nSPS) is 20.9. The lowest BCUT2D eigenvalue weighted by Crippen LogP contribution is -2.28. The van der Waals surface area contributed by atoms with E-state index in [2.05, 4.69) is 31.9 Å². The molecule has 1 amide bonds. The van der Waals surface area contributed by atoms with Crippen LogP contribution in [0.3, 0.4) is 0 Å². The number of nitrogens with one attached hydrogen (secondary N) is 2. The monoisotopic (exact) mass is 481 g/mol. The smallest absolute Gasteiger partial charge is 0.229 e. The molecule has 0 radical (unpaired) electrons. The molecule has 0 saturated heterocycles. The summed E-state index contributed by atoms with van der Waals surface area (Å²) in [6, 6.07) is 10.2. The second-order valence-electron chi connectivity index (χ2n) is 8.64. The van der Waals surface area contributed by atoms with Crippen molar-refractivity contribution in [1.29, 1.82) is 0 Å². The second kappa shape index (κ2) is 8.54. The van der Waals surface area contributed by atoms with Crippen molar-refractivity contribution in [2.75, 3.05) is 10.6 Å². The predicted octanol–water partition coefficient (Wildman–Crippen LogP) is 3.95. The summed E-state index contributed by atoms with van der Waals surface area (Å²) in [6.07, 6.45) is 5.27. The van der Waals surface area contributed by atoms with E-state index in [0.717, 1.165) is 59.5 Å². The van der Waals surface area contributed by atoms with Crippen molar-refractivity contribution in [2.24, 2.45) is 5.92 Å². The van der Waals surface area contributed by atoms with E-state index in [0.29, 0.717) is 22.0 Å². The number of thiazole rings is 1. The van der Waals surface area contributed by atoms with Crippen molar-refractivity contribution in [3.8, 4) is 0 Å². The van der Waals surface area contributed by atoms with E-state index >= 15 is 0 Å². The lowest BCUT2D eigenvalue weighted by atomic mass is 9.93. The molecule has 2 aliphatic rings. The molecule has 9 nitrogen and oxygen atoms in total. The van der Waals surface area contributed by atoms with Gasteiger partial charge in [-0.05, 0) is 80.6 Å². The van der Waals surface area contributed by atoms with Crippen LogP contribution in [-0.4, -0.2) is 48.0 Å². The Bertz CT molecular complexity index is 1330. The molecule has 2 saturated carbocycles. The molecule has 0 atom stereocenters. The molecule has 3 heterocycles. The summed E-state index contributed by atoms with van der Waals surface area (Å²) in [5.41, 5.74) is 1.55. The lowest BCUT2D eigenvalue weighted by Gasteiger charge is -2.26. The molecule has 0 spiro atoms. The third-order valence-corrected chi connectivity index (χ3v) is 7.89. The van der Waals surface area contributed by atoms with Gasteiger partial charge in [-0.15, -0.1) is 15.3 Å². The van der Waals surface area contributed by atoms with E-state index < -0.39 is 0 Å². The number of amides is 1. The number of carbonyl (C=O) groups excluding carboxylic acids is 1. The van der Waals surface area contributed by atoms with Crippen molar-refractivity contribution in [1.82, 2.24) is 24.8 Å². The van der Waals surface area contributed by atoms with Crippen LogP contribution in [0, 0.1) is 5.92 Å². The SMILES string of the molecule is O=C(Nc1nc2ccc(Sc3nnc4ccc(NC5CCC(O)CC5)nn34)cc2s1)C1CC1. The number of anilines is 2. The molecule has 0 aliphatic heterocycles. The highest BCUT2D eigenvalue weighted by atomic mass is 32.2. The molecule has 6 rings (SSSR count). The van der Waals surface area contributed by atoms with Gasteiger partial charge in [0.1, 0.15) is 5.82 Å². The molecule has 33 heavy (non-hydrogen) atoms. The molecule has 0 unspecified atom stereocenters. The summed E-state index contributed by atoms with van der Waals surface area (Å²) in [5.74, 6) is 0.999. The van der Waals surface area contributed by atoms with Crippen molar-refractivity contribution in [3.63, 3.8) is 0 Å². The van der Waals surface area contributed by atoms with Crippen LogP contribution in [0.15, 0.2) is 40.4 Å². The van der Waals surface area contributed by atoms with Crippen LogP contribution in [0.25, 0.3) is 15.9 Å². The number of aromatic nitrogens is 5. The number of hydrogen-bond acceptors (Lipinski definition) is 9. The molecule has 1 aromatic carbocycles. The van der Waals surface area contributed by atoms with E-state index in [1.807, 2.05) is 24.3 Å². The first-order valence-electron chi connectivity index (χ1n) is 11.2. The Hall–Kier alpha value is -2.76. The first-order chi connectivity index (χ1) is 16.1. The molecular weight excluding hydrogens is 458 g/mol. The van der Waals surface area contributed by atoms with E-state index in [4.69, 9.17) is 5.10 Å². The van der Waals surface area contributed by atoms with Crippen LogP contribution >= 0.6 is 23.1 Å². The maximum atomic E-state index is 12.0. The van der Waals surface area contributed by atoms with Gasteiger partial charge < -0.3 is 15.7 Å². The average Bonchev–Trinajstić information content (AvgIpc) is 3.49. The summed E-state index contributed by atoms with van der Waals surface area (Å²) < 4.78 is 2.76. The van der Waals surface area contributed by atoms with Gasteiger partial charge in [0.2, 0.25) is 11.1 Å². The third kappa shape index (κ3) is 4.53. The third-order valence-electron chi connectivity index (χ3n) is 6.03. The number of carbonyl (C=O) groups is 1. The Morgan fingerprint density at radius 1 is 1.09 bits per heavy atom. The Labute approximate surface area is 198 Å². The van der Waals surface area contributed by atoms with Crippen molar-refractivity contribution in [3.05, 3.63) is 30.3 Å². The Kier molecular flexibility index (Phi) is 5.39. The van der Waals surface area contributed by atoms with Crippen molar-refractivity contribution in [2.45, 2.75) is 60.7 Å². The number of nitrogens with zero attached hydrogens (tertiary/aromatic N) is 5. The highest BCUT2D eigenvalue weighted by Crippen LogP contribution is 2.35. The second-order valence-corrected chi connectivity index (χ2v) is 10.7. The molecule has 3 N–H and O–H groups in total. The van der Waals surface area contributed by atoms with Crippen LogP contribution in [0.2, 0.25) is 0 Å². The Morgan fingerprint density at radius 2 is 1.94 bits per heavy atom. The number of rotatable bonds is 6. The van der Waals surface area contributed by atoms with Crippen LogP contribution < -0.4 is 10.6 Å². The Balaban J connectivity index is 1.20. The van der Waals surface area contributed by atoms with Crippen LogP contribution in [0.1, 0.15) is 38.5 Å². The summed E-state index contributed by atoms with van der Waals surface area (Å²) in [5, 5.41) is 30.7. The molecular formula is C22H23N7O2S2.